The lowest BCUT2D eigenvalue weighted by Gasteiger charge is -2.20. The number of hydrogen-bond donors (Lipinski definition) is 0. The number of ketones is 1. The van der Waals surface area contributed by atoms with Gasteiger partial charge in [-0.25, -0.2) is 0 Å². The zero-order chi connectivity index (χ0) is 13.3. The fourth-order valence-electron chi connectivity index (χ4n) is 2.43. The second kappa shape index (κ2) is 4.69. The topological polar surface area (TPSA) is 17.1 Å². The van der Waals surface area contributed by atoms with Crippen LogP contribution in [-0.2, 0) is 4.79 Å². The summed E-state index contributed by atoms with van der Waals surface area (Å²) < 4.78 is 0. The Morgan fingerprint density at radius 2 is 1.67 bits per heavy atom. The smallest absolute Gasteiger partial charge is 0.163 e. The Labute approximate surface area is 110 Å². The maximum absolute atomic E-state index is 11.7. The molecule has 2 heteroatoms. The fourth-order valence-corrected chi connectivity index (χ4v) is 4.84. The van der Waals surface area contributed by atoms with Gasteiger partial charge in [0.05, 0.1) is 0 Å². The molecule has 1 nitrogen and oxygen atoms in total. The Morgan fingerprint density at radius 3 is 2.17 bits per heavy atom. The molecule has 0 radical (unpaired) electrons. The van der Waals surface area contributed by atoms with Gasteiger partial charge in [0, 0.05) is 6.42 Å². The third-order valence-electron chi connectivity index (χ3n) is 3.87. The summed E-state index contributed by atoms with van der Waals surface area (Å²) in [6.45, 7) is 8.68. The van der Waals surface area contributed by atoms with Gasteiger partial charge in [0.25, 0.3) is 0 Å². The number of allylic oxidation sites excluding steroid dienone is 3. The predicted octanol–water partition coefficient (Wildman–Crippen LogP) is 3.38. The molecule has 0 aliphatic heterocycles. The van der Waals surface area contributed by atoms with Gasteiger partial charge in [-0.2, -0.15) is 0 Å². The molecule has 1 aromatic carbocycles. The highest BCUT2D eigenvalue weighted by molar-refractivity contribution is 6.94. The van der Waals surface area contributed by atoms with Crippen LogP contribution in [0.5, 0.6) is 0 Å². The van der Waals surface area contributed by atoms with Gasteiger partial charge in [-0.05, 0) is 30.6 Å². The first-order valence-corrected chi connectivity index (χ1v) is 9.48. The fraction of sp³-hybridized carbons (Fsp3) is 0.312. The van der Waals surface area contributed by atoms with E-state index in [0.29, 0.717) is 6.42 Å². The van der Waals surface area contributed by atoms with E-state index in [1.54, 1.807) is 0 Å². The summed E-state index contributed by atoms with van der Waals surface area (Å²) in [6.07, 6.45) is 0.598. The molecule has 0 bridgehead atoms. The molecule has 0 saturated carbocycles. The zero-order valence-corrected chi connectivity index (χ0v) is 12.6. The molecule has 1 aromatic rings. The largest absolute Gasteiger partial charge is 0.294 e. The van der Waals surface area contributed by atoms with Crippen molar-refractivity contribution >= 4 is 19.0 Å². The second-order valence-corrected chi connectivity index (χ2v) is 9.92. The zero-order valence-electron chi connectivity index (χ0n) is 11.6. The van der Waals surface area contributed by atoms with Gasteiger partial charge in [-0.1, -0.05) is 54.3 Å². The molecule has 0 saturated heterocycles. The lowest BCUT2D eigenvalue weighted by atomic mass is 10.1. The highest BCUT2D eigenvalue weighted by Crippen LogP contribution is 2.29. The van der Waals surface area contributed by atoms with Crippen molar-refractivity contribution < 1.29 is 4.79 Å². The van der Waals surface area contributed by atoms with Crippen molar-refractivity contribution in [1.29, 1.82) is 0 Å². The van der Waals surface area contributed by atoms with Crippen molar-refractivity contribution in [1.82, 2.24) is 0 Å². The average Bonchev–Trinajstić information content (AvgIpc) is 2.58. The van der Waals surface area contributed by atoms with E-state index in [0.717, 1.165) is 5.57 Å². The molecule has 1 aliphatic rings. The van der Waals surface area contributed by atoms with E-state index in [-0.39, 0.29) is 5.78 Å². The number of benzene rings is 1. The van der Waals surface area contributed by atoms with E-state index in [9.17, 15) is 4.79 Å². The third-order valence-corrected chi connectivity index (χ3v) is 6.76. The van der Waals surface area contributed by atoms with Crippen LogP contribution in [-0.4, -0.2) is 13.9 Å². The first-order chi connectivity index (χ1) is 8.42. The summed E-state index contributed by atoms with van der Waals surface area (Å²) in [4.78, 5) is 11.7. The molecule has 0 N–H and O–H groups in total. The summed E-state index contributed by atoms with van der Waals surface area (Å²) in [6, 6.07) is 10.6. The molecular formula is C16H20OSi. The summed E-state index contributed by atoms with van der Waals surface area (Å²) in [5.74, 6) is 0.289. The molecule has 0 unspecified atom stereocenters. The Morgan fingerprint density at radius 1 is 1.06 bits per heavy atom. The molecule has 2 rings (SSSR count). The van der Waals surface area contributed by atoms with Crippen LogP contribution in [0.15, 0.2) is 52.8 Å². The van der Waals surface area contributed by atoms with Crippen molar-refractivity contribution in [2.75, 3.05) is 0 Å². The van der Waals surface area contributed by atoms with Crippen LogP contribution in [0.1, 0.15) is 20.3 Å². The van der Waals surface area contributed by atoms with Crippen molar-refractivity contribution in [2.24, 2.45) is 0 Å². The van der Waals surface area contributed by atoms with Crippen molar-refractivity contribution in [3.63, 3.8) is 0 Å². The average molecular weight is 256 g/mol. The maximum atomic E-state index is 11.7. The van der Waals surface area contributed by atoms with E-state index >= 15 is 0 Å². The lowest BCUT2D eigenvalue weighted by Crippen LogP contribution is -2.39. The molecule has 0 amide bonds. The molecule has 0 heterocycles. The number of carbonyl (C=O) groups is 1. The molecular weight excluding hydrogens is 236 g/mol. The highest BCUT2D eigenvalue weighted by atomic mass is 28.3. The number of Topliss-reactive ketones (excluding diaryl/α,β-unsaturated/α-hetero) is 1. The minimum atomic E-state index is -1.59. The van der Waals surface area contributed by atoms with Gasteiger partial charge in [-0.3, -0.25) is 4.79 Å². The number of hydrogen-bond acceptors (Lipinski definition) is 1. The SMILES string of the molecule is CC1=C(C)/C(=C/[Si](C)(C)c2ccccc2)CC1=O. The Kier molecular flexibility index (Phi) is 3.40. The second-order valence-electron chi connectivity index (χ2n) is 5.61. The Bertz CT molecular complexity index is 535. The Hall–Kier alpha value is -1.41. The van der Waals surface area contributed by atoms with Crippen LogP contribution in [0.2, 0.25) is 13.1 Å². The highest BCUT2D eigenvalue weighted by Gasteiger charge is 2.26. The van der Waals surface area contributed by atoms with Gasteiger partial charge in [0.15, 0.2) is 5.78 Å². The predicted molar refractivity (Wildman–Crippen MR) is 79.6 cm³/mol. The number of carbonyl (C=O) groups excluding carboxylic acids is 1. The summed E-state index contributed by atoms with van der Waals surface area (Å²) in [5.41, 5.74) is 5.76. The molecule has 0 atom stereocenters. The maximum Gasteiger partial charge on any atom is 0.163 e. The summed E-state index contributed by atoms with van der Waals surface area (Å²) >= 11 is 0. The van der Waals surface area contributed by atoms with E-state index in [1.165, 1.54) is 16.3 Å². The van der Waals surface area contributed by atoms with E-state index in [2.05, 4.69) is 56.0 Å². The van der Waals surface area contributed by atoms with Crippen LogP contribution in [0.25, 0.3) is 0 Å². The van der Waals surface area contributed by atoms with Crippen LogP contribution in [0, 0.1) is 0 Å². The van der Waals surface area contributed by atoms with Gasteiger partial charge in [-0.15, -0.1) is 0 Å². The molecule has 0 spiro atoms. The normalized spacial score (nSPS) is 18.9. The van der Waals surface area contributed by atoms with Gasteiger partial charge < -0.3 is 0 Å². The van der Waals surface area contributed by atoms with E-state index in [4.69, 9.17) is 0 Å². The summed E-state index contributed by atoms with van der Waals surface area (Å²) in [7, 11) is -1.59. The number of rotatable bonds is 2. The molecule has 94 valence electrons. The first-order valence-electron chi connectivity index (χ1n) is 6.40. The van der Waals surface area contributed by atoms with Gasteiger partial charge >= 0.3 is 0 Å². The van der Waals surface area contributed by atoms with Crippen LogP contribution in [0.4, 0.5) is 0 Å². The minimum absolute atomic E-state index is 0.289. The molecule has 1 aliphatic carbocycles. The van der Waals surface area contributed by atoms with E-state index in [1.807, 2.05) is 6.92 Å². The Balaban J connectivity index is 2.37. The third kappa shape index (κ3) is 2.39. The minimum Gasteiger partial charge on any atom is -0.294 e. The summed E-state index contributed by atoms with van der Waals surface area (Å²) in [5, 5.41) is 1.42. The lowest BCUT2D eigenvalue weighted by molar-refractivity contribution is -0.114. The first kappa shape index (κ1) is 13.0. The van der Waals surface area contributed by atoms with Gasteiger partial charge in [0.2, 0.25) is 0 Å². The standard InChI is InChI=1S/C16H20OSi/c1-12-13(2)16(17)10-14(12)11-18(3,4)15-8-6-5-7-9-15/h5-9,11H,10H2,1-4H3/b14-11+. The van der Waals surface area contributed by atoms with Crippen molar-refractivity contribution in [3.8, 4) is 0 Å². The van der Waals surface area contributed by atoms with Crippen molar-refractivity contribution in [3.05, 3.63) is 52.8 Å². The van der Waals surface area contributed by atoms with Gasteiger partial charge in [0.1, 0.15) is 8.07 Å². The van der Waals surface area contributed by atoms with Crippen LogP contribution in [0.3, 0.4) is 0 Å². The monoisotopic (exact) mass is 256 g/mol. The van der Waals surface area contributed by atoms with E-state index < -0.39 is 8.07 Å². The van der Waals surface area contributed by atoms with Crippen LogP contribution >= 0.6 is 0 Å². The quantitative estimate of drug-likeness (QED) is 0.741. The molecule has 0 aromatic heterocycles. The van der Waals surface area contributed by atoms with Crippen LogP contribution < -0.4 is 5.19 Å². The molecule has 18 heavy (non-hydrogen) atoms. The van der Waals surface area contributed by atoms with Crippen molar-refractivity contribution in [2.45, 2.75) is 33.4 Å². The molecule has 0 fully saturated rings.